The summed E-state index contributed by atoms with van der Waals surface area (Å²) in [5.74, 6) is 0.438. The zero-order chi connectivity index (χ0) is 12.8. The second kappa shape index (κ2) is 6.71. The van der Waals surface area contributed by atoms with Crippen LogP contribution in [0.2, 0.25) is 0 Å². The van der Waals surface area contributed by atoms with Gasteiger partial charge >= 0.3 is 0 Å². The molecule has 0 atom stereocenters. The van der Waals surface area contributed by atoms with Gasteiger partial charge in [-0.3, -0.25) is 4.90 Å². The molecule has 1 saturated carbocycles. The summed E-state index contributed by atoms with van der Waals surface area (Å²) < 4.78 is 18.3. The lowest BCUT2D eigenvalue weighted by Crippen LogP contribution is -2.43. The highest BCUT2D eigenvalue weighted by molar-refractivity contribution is 5.21. The molecule has 1 aromatic rings. The van der Waals surface area contributed by atoms with Gasteiger partial charge in [-0.25, -0.2) is 4.39 Å². The number of aliphatic hydroxyl groups excluding tert-OH is 1. The lowest BCUT2D eigenvalue weighted by Gasteiger charge is -2.37. The summed E-state index contributed by atoms with van der Waals surface area (Å²) in [6.45, 7) is 2.27. The van der Waals surface area contributed by atoms with Crippen molar-refractivity contribution in [2.24, 2.45) is 0 Å². The van der Waals surface area contributed by atoms with Gasteiger partial charge in [0.25, 0.3) is 0 Å². The van der Waals surface area contributed by atoms with E-state index in [9.17, 15) is 4.39 Å². The summed E-state index contributed by atoms with van der Waals surface area (Å²) in [7, 11) is 0. The van der Waals surface area contributed by atoms with Crippen LogP contribution in [0, 0.1) is 5.82 Å². The van der Waals surface area contributed by atoms with Gasteiger partial charge < -0.3 is 9.84 Å². The average molecular weight is 253 g/mol. The van der Waals surface area contributed by atoms with E-state index in [1.165, 1.54) is 31.4 Å². The van der Waals surface area contributed by atoms with Crippen LogP contribution in [0.3, 0.4) is 0 Å². The quantitative estimate of drug-likeness (QED) is 0.807. The van der Waals surface area contributed by atoms with Gasteiger partial charge in [-0.05, 0) is 37.1 Å². The van der Waals surface area contributed by atoms with Gasteiger partial charge in [0, 0.05) is 19.1 Å². The molecular formula is C14H20FNO2. The highest BCUT2D eigenvalue weighted by Gasteiger charge is 2.24. The highest BCUT2D eigenvalue weighted by atomic mass is 19.1. The van der Waals surface area contributed by atoms with Crippen LogP contribution in [0.5, 0.6) is 5.75 Å². The van der Waals surface area contributed by atoms with Crippen molar-refractivity contribution in [3.8, 4) is 5.75 Å². The van der Waals surface area contributed by atoms with Crippen LogP contribution in [0.15, 0.2) is 24.3 Å². The fourth-order valence-electron chi connectivity index (χ4n) is 2.17. The monoisotopic (exact) mass is 253 g/mol. The number of hydrogen-bond donors (Lipinski definition) is 1. The van der Waals surface area contributed by atoms with E-state index in [0.29, 0.717) is 24.9 Å². The van der Waals surface area contributed by atoms with Gasteiger partial charge in [0.2, 0.25) is 0 Å². The van der Waals surface area contributed by atoms with Crippen LogP contribution in [0.4, 0.5) is 4.39 Å². The van der Waals surface area contributed by atoms with Crippen molar-refractivity contribution in [2.75, 3.05) is 26.3 Å². The summed E-state index contributed by atoms with van der Waals surface area (Å²) in [6, 6.07) is 6.66. The molecule has 1 aliphatic carbocycles. The first-order valence-corrected chi connectivity index (χ1v) is 6.53. The van der Waals surface area contributed by atoms with Crippen molar-refractivity contribution >= 4 is 0 Å². The maximum atomic E-state index is 12.7. The number of ether oxygens (including phenoxy) is 1. The molecule has 4 heteroatoms. The van der Waals surface area contributed by atoms with Crippen LogP contribution in [0.25, 0.3) is 0 Å². The number of aliphatic hydroxyl groups is 1. The topological polar surface area (TPSA) is 32.7 Å². The standard InChI is InChI=1S/C14H20FNO2/c15-12-4-6-14(7-5-12)18-11-9-16(8-10-17)13-2-1-3-13/h4-7,13,17H,1-3,8-11H2. The van der Waals surface area contributed by atoms with E-state index in [0.717, 1.165) is 6.54 Å². The molecule has 18 heavy (non-hydrogen) atoms. The summed E-state index contributed by atoms with van der Waals surface area (Å²) in [4.78, 5) is 2.27. The van der Waals surface area contributed by atoms with Crippen LogP contribution in [0.1, 0.15) is 19.3 Å². The smallest absolute Gasteiger partial charge is 0.123 e. The van der Waals surface area contributed by atoms with E-state index < -0.39 is 0 Å². The number of benzene rings is 1. The van der Waals surface area contributed by atoms with Crippen LogP contribution < -0.4 is 4.74 Å². The molecule has 0 heterocycles. The summed E-state index contributed by atoms with van der Waals surface area (Å²) >= 11 is 0. The molecule has 0 aliphatic heterocycles. The Morgan fingerprint density at radius 1 is 1.22 bits per heavy atom. The van der Waals surface area contributed by atoms with E-state index in [1.807, 2.05) is 0 Å². The average Bonchev–Trinajstić information content (AvgIpc) is 2.30. The van der Waals surface area contributed by atoms with Crippen molar-refractivity contribution in [3.05, 3.63) is 30.1 Å². The predicted octanol–water partition coefficient (Wildman–Crippen LogP) is 2.05. The molecule has 1 fully saturated rings. The second-order valence-electron chi connectivity index (χ2n) is 4.65. The molecule has 0 unspecified atom stereocenters. The summed E-state index contributed by atoms with van der Waals surface area (Å²) in [5.41, 5.74) is 0. The first kappa shape index (κ1) is 13.3. The van der Waals surface area contributed by atoms with Gasteiger partial charge in [0.05, 0.1) is 6.61 Å². The summed E-state index contributed by atoms with van der Waals surface area (Å²) in [5, 5.41) is 9.03. The Labute approximate surface area is 107 Å². The molecule has 0 saturated heterocycles. The molecule has 0 aromatic heterocycles. The number of nitrogens with zero attached hydrogens (tertiary/aromatic N) is 1. The molecule has 2 rings (SSSR count). The van der Waals surface area contributed by atoms with Crippen molar-refractivity contribution < 1.29 is 14.2 Å². The number of halogens is 1. The molecular weight excluding hydrogens is 233 g/mol. The third kappa shape index (κ3) is 3.68. The fourth-order valence-corrected chi connectivity index (χ4v) is 2.17. The Morgan fingerprint density at radius 3 is 2.50 bits per heavy atom. The predicted molar refractivity (Wildman–Crippen MR) is 68.2 cm³/mol. The van der Waals surface area contributed by atoms with Crippen molar-refractivity contribution in [1.29, 1.82) is 0 Å². The Morgan fingerprint density at radius 2 is 1.94 bits per heavy atom. The fraction of sp³-hybridized carbons (Fsp3) is 0.571. The van der Waals surface area contributed by atoms with E-state index in [2.05, 4.69) is 4.90 Å². The van der Waals surface area contributed by atoms with Gasteiger partial charge in [0.15, 0.2) is 0 Å². The maximum absolute atomic E-state index is 12.7. The van der Waals surface area contributed by atoms with E-state index >= 15 is 0 Å². The Bertz CT molecular complexity index is 351. The minimum atomic E-state index is -0.251. The minimum Gasteiger partial charge on any atom is -0.492 e. The Hall–Kier alpha value is -1.13. The van der Waals surface area contributed by atoms with Gasteiger partial charge in [-0.15, -0.1) is 0 Å². The van der Waals surface area contributed by atoms with Gasteiger partial charge in [-0.1, -0.05) is 6.42 Å². The zero-order valence-corrected chi connectivity index (χ0v) is 10.5. The first-order chi connectivity index (χ1) is 8.79. The van der Waals surface area contributed by atoms with E-state index in [1.54, 1.807) is 12.1 Å². The molecule has 0 amide bonds. The second-order valence-corrected chi connectivity index (χ2v) is 4.65. The number of hydrogen-bond acceptors (Lipinski definition) is 3. The molecule has 0 bridgehead atoms. The minimum absolute atomic E-state index is 0.188. The van der Waals surface area contributed by atoms with Gasteiger partial charge in [-0.2, -0.15) is 0 Å². The van der Waals surface area contributed by atoms with Crippen LogP contribution in [-0.2, 0) is 0 Å². The molecule has 1 aromatic carbocycles. The van der Waals surface area contributed by atoms with Gasteiger partial charge in [0.1, 0.15) is 18.2 Å². The number of rotatable bonds is 7. The third-order valence-electron chi connectivity index (χ3n) is 3.44. The molecule has 100 valence electrons. The largest absolute Gasteiger partial charge is 0.492 e. The third-order valence-corrected chi connectivity index (χ3v) is 3.44. The van der Waals surface area contributed by atoms with Crippen molar-refractivity contribution in [2.45, 2.75) is 25.3 Å². The summed E-state index contributed by atoms with van der Waals surface area (Å²) in [6.07, 6.45) is 3.72. The maximum Gasteiger partial charge on any atom is 0.123 e. The highest BCUT2D eigenvalue weighted by Crippen LogP contribution is 2.24. The lowest BCUT2D eigenvalue weighted by atomic mass is 9.91. The van der Waals surface area contributed by atoms with Crippen LogP contribution >= 0.6 is 0 Å². The normalized spacial score (nSPS) is 15.7. The van der Waals surface area contributed by atoms with Crippen molar-refractivity contribution in [1.82, 2.24) is 4.90 Å². The SMILES string of the molecule is OCCN(CCOc1ccc(F)cc1)C1CCC1. The van der Waals surface area contributed by atoms with Crippen molar-refractivity contribution in [3.63, 3.8) is 0 Å². The Kier molecular flexibility index (Phi) is 4.96. The molecule has 1 N–H and O–H groups in total. The molecule has 3 nitrogen and oxygen atoms in total. The van der Waals surface area contributed by atoms with E-state index in [4.69, 9.17) is 9.84 Å². The first-order valence-electron chi connectivity index (χ1n) is 6.53. The molecule has 1 aliphatic rings. The van der Waals surface area contributed by atoms with E-state index in [-0.39, 0.29) is 12.4 Å². The molecule has 0 radical (unpaired) electrons. The molecule has 0 spiro atoms. The van der Waals surface area contributed by atoms with Crippen LogP contribution in [-0.4, -0.2) is 42.4 Å². The zero-order valence-electron chi connectivity index (χ0n) is 10.5. The lowest BCUT2D eigenvalue weighted by molar-refractivity contribution is 0.0860. The Balaban J connectivity index is 1.73.